The molecule has 1 aromatic carbocycles. The van der Waals surface area contributed by atoms with Crippen molar-refractivity contribution in [2.75, 3.05) is 11.9 Å². The molecule has 2 saturated carbocycles. The first-order valence-electron chi connectivity index (χ1n) is 8.99. The Morgan fingerprint density at radius 1 is 1.11 bits per heavy atom. The van der Waals surface area contributed by atoms with E-state index in [1.807, 2.05) is 5.32 Å². The predicted molar refractivity (Wildman–Crippen MR) is 93.1 cm³/mol. The normalized spacial score (nSPS) is 24.0. The second-order valence-electron chi connectivity index (χ2n) is 6.99. The molecule has 0 spiro atoms. The Bertz CT molecular complexity index is 750. The molecule has 2 fully saturated rings. The quantitative estimate of drug-likeness (QED) is 0.786. The van der Waals surface area contributed by atoms with Gasteiger partial charge in [-0.1, -0.05) is 18.6 Å². The number of hydrogen-bond acceptors (Lipinski definition) is 5. The highest BCUT2D eigenvalue weighted by molar-refractivity contribution is 6.02. The van der Waals surface area contributed by atoms with Crippen LogP contribution in [0.5, 0.6) is 0 Å². The molecule has 27 heavy (non-hydrogen) atoms. The Morgan fingerprint density at radius 3 is 2.44 bits per heavy atom. The first-order chi connectivity index (χ1) is 12.9. The van der Waals surface area contributed by atoms with Crippen LogP contribution in [0.2, 0.25) is 0 Å². The molecule has 2 N–H and O–H groups in total. The third-order valence-electron chi connectivity index (χ3n) is 5.10. The molecule has 0 heterocycles. The molecule has 2 aliphatic rings. The van der Waals surface area contributed by atoms with Crippen LogP contribution in [0.4, 0.5) is 14.9 Å². The van der Waals surface area contributed by atoms with E-state index in [9.17, 15) is 23.6 Å². The van der Waals surface area contributed by atoms with E-state index in [2.05, 4.69) is 5.32 Å². The number of rotatable bonds is 4. The maximum atomic E-state index is 13.5. The average Bonchev–Trinajstić information content (AvgIpc) is 2.61. The minimum Gasteiger partial charge on any atom is -0.455 e. The molecule has 0 aromatic heterocycles. The number of ketones is 1. The molecule has 0 unspecified atom stereocenters. The minimum absolute atomic E-state index is 0.0711. The van der Waals surface area contributed by atoms with E-state index in [1.165, 1.54) is 24.3 Å². The highest BCUT2D eigenvalue weighted by atomic mass is 19.1. The highest BCUT2D eigenvalue weighted by Crippen LogP contribution is 2.40. The largest absolute Gasteiger partial charge is 0.455 e. The molecule has 144 valence electrons. The summed E-state index contributed by atoms with van der Waals surface area (Å²) >= 11 is 0. The number of carbonyl (C=O) groups is 4. The summed E-state index contributed by atoms with van der Waals surface area (Å²) in [5.41, 5.74) is -0.0711. The number of ether oxygens (including phenoxy) is 1. The number of esters is 1. The standard InChI is InChI=1S/C19H21FN2O5/c20-14-6-1-2-7-15(14)21-19(26)22-16(23)10-27-18(25)13-8-11-4-3-5-12(9-13)17(11)24/h1-2,6-7,11-13H,3-5,8-10H2,(H2,21,22,23,26)/t11-,12-/m1/s1. The summed E-state index contributed by atoms with van der Waals surface area (Å²) in [5.74, 6) is -2.30. The van der Waals surface area contributed by atoms with Crippen LogP contribution in [0.1, 0.15) is 32.1 Å². The second kappa shape index (κ2) is 8.28. The number of amides is 3. The van der Waals surface area contributed by atoms with Crippen LogP contribution in [0.15, 0.2) is 24.3 Å². The molecule has 2 bridgehead atoms. The van der Waals surface area contributed by atoms with Crippen molar-refractivity contribution in [1.29, 1.82) is 0 Å². The van der Waals surface area contributed by atoms with E-state index in [4.69, 9.17) is 4.74 Å². The Morgan fingerprint density at radius 2 is 1.78 bits per heavy atom. The van der Waals surface area contributed by atoms with Gasteiger partial charge in [-0.25, -0.2) is 9.18 Å². The Hall–Kier alpha value is -2.77. The van der Waals surface area contributed by atoms with Gasteiger partial charge >= 0.3 is 12.0 Å². The number of anilines is 1. The SMILES string of the molecule is O=C(COC(=O)C1C[C@H]2CCC[C@H](C1)C2=O)NC(=O)Nc1ccccc1F. The zero-order valence-corrected chi connectivity index (χ0v) is 14.7. The molecular weight excluding hydrogens is 355 g/mol. The Kier molecular flexibility index (Phi) is 5.83. The summed E-state index contributed by atoms with van der Waals surface area (Å²) in [4.78, 5) is 47.7. The average molecular weight is 376 g/mol. The first-order valence-corrected chi connectivity index (χ1v) is 8.99. The van der Waals surface area contributed by atoms with Gasteiger partial charge in [-0.3, -0.25) is 19.7 Å². The molecule has 2 atom stereocenters. The number of urea groups is 1. The van der Waals surface area contributed by atoms with Crippen molar-refractivity contribution < 1.29 is 28.3 Å². The predicted octanol–water partition coefficient (Wildman–Crippen LogP) is 2.41. The number of Topliss-reactive ketones (excluding diaryl/α,β-unsaturated/α-hetero) is 1. The zero-order chi connectivity index (χ0) is 19.4. The van der Waals surface area contributed by atoms with Gasteiger partial charge < -0.3 is 10.1 Å². The van der Waals surface area contributed by atoms with Crippen LogP contribution in [0.25, 0.3) is 0 Å². The van der Waals surface area contributed by atoms with Gasteiger partial charge in [0.05, 0.1) is 11.6 Å². The Labute approximate surface area is 155 Å². The van der Waals surface area contributed by atoms with E-state index in [0.29, 0.717) is 12.8 Å². The van der Waals surface area contributed by atoms with Crippen molar-refractivity contribution in [3.8, 4) is 0 Å². The molecule has 7 nitrogen and oxygen atoms in total. The van der Waals surface area contributed by atoms with E-state index in [-0.39, 0.29) is 23.3 Å². The van der Waals surface area contributed by atoms with Crippen LogP contribution in [0.3, 0.4) is 0 Å². The smallest absolute Gasteiger partial charge is 0.326 e. The first kappa shape index (κ1) is 19.0. The third-order valence-corrected chi connectivity index (χ3v) is 5.10. The number of imide groups is 1. The topological polar surface area (TPSA) is 102 Å². The summed E-state index contributed by atoms with van der Waals surface area (Å²) in [6, 6.07) is 4.60. The molecule has 0 radical (unpaired) electrons. The van der Waals surface area contributed by atoms with Crippen molar-refractivity contribution in [3.05, 3.63) is 30.1 Å². The number of nitrogens with one attached hydrogen (secondary N) is 2. The number of para-hydroxylation sites is 1. The molecule has 0 saturated heterocycles. The van der Waals surface area contributed by atoms with Crippen molar-refractivity contribution in [3.63, 3.8) is 0 Å². The lowest BCUT2D eigenvalue weighted by Gasteiger charge is -2.36. The van der Waals surface area contributed by atoms with Crippen LogP contribution in [-0.4, -0.2) is 30.3 Å². The lowest BCUT2D eigenvalue weighted by molar-refractivity contribution is -0.156. The zero-order valence-electron chi connectivity index (χ0n) is 14.7. The van der Waals surface area contributed by atoms with Crippen LogP contribution >= 0.6 is 0 Å². The van der Waals surface area contributed by atoms with Gasteiger partial charge in [0.1, 0.15) is 11.6 Å². The van der Waals surface area contributed by atoms with Gasteiger partial charge in [0.2, 0.25) is 0 Å². The molecule has 2 aliphatic carbocycles. The third kappa shape index (κ3) is 4.69. The maximum absolute atomic E-state index is 13.5. The summed E-state index contributed by atoms with van der Waals surface area (Å²) in [7, 11) is 0. The van der Waals surface area contributed by atoms with Crippen molar-refractivity contribution >= 4 is 29.4 Å². The van der Waals surface area contributed by atoms with E-state index >= 15 is 0 Å². The van der Waals surface area contributed by atoms with E-state index < -0.39 is 36.2 Å². The lowest BCUT2D eigenvalue weighted by Crippen LogP contribution is -2.41. The molecule has 3 rings (SSSR count). The monoisotopic (exact) mass is 376 g/mol. The number of carbonyl (C=O) groups excluding carboxylic acids is 4. The Balaban J connectivity index is 1.43. The summed E-state index contributed by atoms with van der Waals surface area (Å²) in [6.07, 6.45) is 3.53. The number of benzene rings is 1. The van der Waals surface area contributed by atoms with E-state index in [0.717, 1.165) is 19.3 Å². The molecular formula is C19H21FN2O5. The second-order valence-corrected chi connectivity index (χ2v) is 6.99. The summed E-state index contributed by atoms with van der Waals surface area (Å²) in [5, 5.41) is 4.17. The highest BCUT2D eigenvalue weighted by Gasteiger charge is 2.41. The van der Waals surface area contributed by atoms with Gasteiger partial charge in [0, 0.05) is 11.8 Å². The maximum Gasteiger partial charge on any atom is 0.326 e. The fourth-order valence-electron chi connectivity index (χ4n) is 3.81. The molecule has 1 aromatic rings. The molecule has 3 amide bonds. The molecule has 0 aliphatic heterocycles. The summed E-state index contributed by atoms with van der Waals surface area (Å²) in [6.45, 7) is -0.608. The molecule has 8 heteroatoms. The minimum atomic E-state index is -0.918. The van der Waals surface area contributed by atoms with E-state index in [1.54, 1.807) is 0 Å². The van der Waals surface area contributed by atoms with Crippen LogP contribution < -0.4 is 10.6 Å². The fourth-order valence-corrected chi connectivity index (χ4v) is 3.81. The van der Waals surface area contributed by atoms with Crippen LogP contribution in [0, 0.1) is 23.6 Å². The van der Waals surface area contributed by atoms with Gasteiger partial charge in [0.25, 0.3) is 5.91 Å². The lowest BCUT2D eigenvalue weighted by atomic mass is 9.67. The van der Waals surface area contributed by atoms with Gasteiger partial charge in [-0.2, -0.15) is 0 Å². The summed E-state index contributed by atoms with van der Waals surface area (Å²) < 4.78 is 18.5. The van der Waals surface area contributed by atoms with Gasteiger partial charge in [-0.15, -0.1) is 0 Å². The van der Waals surface area contributed by atoms with Gasteiger partial charge in [-0.05, 0) is 37.8 Å². The van der Waals surface area contributed by atoms with Gasteiger partial charge in [0.15, 0.2) is 6.61 Å². The van der Waals surface area contributed by atoms with Crippen molar-refractivity contribution in [1.82, 2.24) is 5.32 Å². The van der Waals surface area contributed by atoms with Crippen molar-refractivity contribution in [2.24, 2.45) is 17.8 Å². The number of halogens is 1. The number of fused-ring (bicyclic) bond motifs is 2. The van der Waals surface area contributed by atoms with Crippen molar-refractivity contribution in [2.45, 2.75) is 32.1 Å². The fraction of sp³-hybridized carbons (Fsp3) is 0.474. The number of hydrogen-bond donors (Lipinski definition) is 2. The van der Waals surface area contributed by atoms with Crippen LogP contribution in [-0.2, 0) is 19.1 Å².